The minimum Gasteiger partial charge on any atom is -0.387 e. The van der Waals surface area contributed by atoms with Crippen LogP contribution in [0, 0.1) is 0 Å². The molecule has 3 N–H and O–H groups in total. The molecule has 1 saturated heterocycles. The molecular weight excluding hydrogens is 366 g/mol. The maximum Gasteiger partial charge on any atom is 0.167 e. The minimum absolute atomic E-state index is 0.417. The van der Waals surface area contributed by atoms with Crippen molar-refractivity contribution in [1.29, 1.82) is 0 Å². The van der Waals surface area contributed by atoms with Gasteiger partial charge in [0.05, 0.1) is 12.4 Å². The van der Waals surface area contributed by atoms with Gasteiger partial charge >= 0.3 is 0 Å². The first-order chi connectivity index (χ1) is 13.0. The molecule has 9 heteroatoms. The molecule has 2 aliphatic rings. The van der Waals surface area contributed by atoms with E-state index in [0.29, 0.717) is 34.0 Å². The number of fused-ring (bicyclic) bond motifs is 1. The van der Waals surface area contributed by atoms with Gasteiger partial charge in [-0.15, -0.1) is 0 Å². The van der Waals surface area contributed by atoms with E-state index in [1.807, 2.05) is 0 Å². The highest BCUT2D eigenvalue weighted by Crippen LogP contribution is 2.34. The molecule has 27 heavy (non-hydrogen) atoms. The smallest absolute Gasteiger partial charge is 0.167 e. The number of imidazole rings is 1. The van der Waals surface area contributed by atoms with Crippen molar-refractivity contribution in [1.82, 2.24) is 19.5 Å². The first-order valence-electron chi connectivity index (χ1n) is 9.62. The van der Waals surface area contributed by atoms with Gasteiger partial charge < -0.3 is 20.3 Å². The number of anilines is 1. The SMILES string of the molecule is CC(C)SCC1OC(n2cnc3c(NC4CCCC4)ncnc32)C(O)C1O. The summed E-state index contributed by atoms with van der Waals surface area (Å²) in [5.74, 6) is 1.34. The molecule has 0 aromatic carbocycles. The van der Waals surface area contributed by atoms with E-state index in [0.717, 1.165) is 12.8 Å². The number of hydrogen-bond donors (Lipinski definition) is 3. The average Bonchev–Trinajstić information content (AvgIpc) is 3.36. The number of nitrogens with zero attached hydrogens (tertiary/aromatic N) is 4. The number of nitrogens with one attached hydrogen (secondary N) is 1. The molecule has 2 aromatic heterocycles. The number of aromatic nitrogens is 4. The maximum atomic E-state index is 10.5. The minimum atomic E-state index is -1.03. The third-order valence-electron chi connectivity index (χ3n) is 5.26. The van der Waals surface area contributed by atoms with Gasteiger partial charge in [-0.25, -0.2) is 15.0 Å². The summed E-state index contributed by atoms with van der Waals surface area (Å²) in [4.78, 5) is 13.2. The molecule has 3 heterocycles. The first-order valence-corrected chi connectivity index (χ1v) is 10.7. The van der Waals surface area contributed by atoms with Crippen molar-refractivity contribution in [3.63, 3.8) is 0 Å². The molecule has 8 nitrogen and oxygen atoms in total. The van der Waals surface area contributed by atoms with Gasteiger partial charge in [-0.3, -0.25) is 4.57 Å². The van der Waals surface area contributed by atoms with E-state index in [4.69, 9.17) is 4.74 Å². The highest BCUT2D eigenvalue weighted by molar-refractivity contribution is 7.99. The summed E-state index contributed by atoms with van der Waals surface area (Å²) in [7, 11) is 0. The number of hydrogen-bond acceptors (Lipinski definition) is 8. The van der Waals surface area contributed by atoms with Gasteiger partial charge in [-0.2, -0.15) is 11.8 Å². The number of ether oxygens (including phenoxy) is 1. The molecular formula is C18H27N5O3S. The van der Waals surface area contributed by atoms with Crippen LogP contribution in [0.5, 0.6) is 0 Å². The number of thioether (sulfide) groups is 1. The highest BCUT2D eigenvalue weighted by atomic mass is 32.2. The number of aliphatic hydroxyl groups excluding tert-OH is 2. The predicted octanol–water partition coefficient (Wildman–Crippen LogP) is 1.94. The molecule has 4 rings (SSSR count). The largest absolute Gasteiger partial charge is 0.387 e. The van der Waals surface area contributed by atoms with Gasteiger partial charge in [-0.1, -0.05) is 26.7 Å². The normalized spacial score (nSPS) is 29.2. The van der Waals surface area contributed by atoms with Crippen molar-refractivity contribution in [2.45, 2.75) is 75.4 Å². The van der Waals surface area contributed by atoms with Crippen molar-refractivity contribution in [2.24, 2.45) is 0 Å². The third-order valence-corrected chi connectivity index (χ3v) is 6.45. The van der Waals surface area contributed by atoms with E-state index in [9.17, 15) is 10.2 Å². The Morgan fingerprint density at radius 2 is 2.00 bits per heavy atom. The molecule has 4 atom stereocenters. The lowest BCUT2D eigenvalue weighted by Crippen LogP contribution is -2.32. The third kappa shape index (κ3) is 3.78. The summed E-state index contributed by atoms with van der Waals surface area (Å²) >= 11 is 1.70. The highest BCUT2D eigenvalue weighted by Gasteiger charge is 2.44. The standard InChI is InChI=1S/C18H27N5O3S/c1-10(2)27-7-12-14(24)15(25)18(26-12)23-9-21-13-16(19-8-20-17(13)23)22-11-5-3-4-6-11/h8-12,14-15,18,24-25H,3-7H2,1-2H3,(H,19,20,22). The Morgan fingerprint density at radius 1 is 1.22 bits per heavy atom. The maximum absolute atomic E-state index is 10.5. The molecule has 1 saturated carbocycles. The predicted molar refractivity (Wildman–Crippen MR) is 105 cm³/mol. The molecule has 148 valence electrons. The van der Waals surface area contributed by atoms with E-state index in [2.05, 4.69) is 34.1 Å². The van der Waals surface area contributed by atoms with Gasteiger partial charge in [0.1, 0.15) is 18.5 Å². The lowest BCUT2D eigenvalue weighted by Gasteiger charge is -2.17. The molecule has 2 fully saturated rings. The van der Waals surface area contributed by atoms with Crippen LogP contribution in [0.2, 0.25) is 0 Å². The van der Waals surface area contributed by atoms with E-state index < -0.39 is 24.5 Å². The summed E-state index contributed by atoms with van der Waals surface area (Å²) < 4.78 is 7.68. The van der Waals surface area contributed by atoms with Gasteiger partial charge in [0.15, 0.2) is 23.2 Å². The summed E-state index contributed by atoms with van der Waals surface area (Å²) in [6.45, 7) is 4.19. The second-order valence-corrected chi connectivity index (χ2v) is 9.21. The Morgan fingerprint density at radius 3 is 2.74 bits per heavy atom. The molecule has 2 aromatic rings. The summed E-state index contributed by atoms with van der Waals surface area (Å²) in [5, 5.41) is 24.8. The zero-order chi connectivity index (χ0) is 19.0. The monoisotopic (exact) mass is 393 g/mol. The zero-order valence-electron chi connectivity index (χ0n) is 15.7. The fourth-order valence-corrected chi connectivity index (χ4v) is 4.64. The van der Waals surface area contributed by atoms with Crippen LogP contribution < -0.4 is 5.32 Å². The number of aliphatic hydroxyl groups is 2. The molecule has 0 amide bonds. The lowest BCUT2D eigenvalue weighted by molar-refractivity contribution is -0.0289. The Balaban J connectivity index is 1.56. The van der Waals surface area contributed by atoms with Crippen LogP contribution in [0.25, 0.3) is 11.2 Å². The Labute approximate surface area is 162 Å². The molecule has 0 radical (unpaired) electrons. The van der Waals surface area contributed by atoms with E-state index >= 15 is 0 Å². The molecule has 4 unspecified atom stereocenters. The van der Waals surface area contributed by atoms with Crippen LogP contribution in [-0.4, -0.2) is 65.1 Å². The van der Waals surface area contributed by atoms with Crippen LogP contribution in [0.15, 0.2) is 12.7 Å². The van der Waals surface area contributed by atoms with E-state index in [1.54, 1.807) is 22.7 Å². The Hall–Kier alpha value is -1.42. The molecule has 0 bridgehead atoms. The van der Waals surface area contributed by atoms with Gasteiger partial charge in [-0.05, 0) is 18.1 Å². The topological polar surface area (TPSA) is 105 Å². The summed E-state index contributed by atoms with van der Waals surface area (Å²) in [6, 6.07) is 0.417. The van der Waals surface area contributed by atoms with Crippen molar-refractivity contribution >= 4 is 28.7 Å². The first kappa shape index (κ1) is 18.9. The fourth-order valence-electron chi connectivity index (χ4n) is 3.79. The van der Waals surface area contributed by atoms with Crippen LogP contribution in [-0.2, 0) is 4.74 Å². The van der Waals surface area contributed by atoms with Crippen LogP contribution in [0.3, 0.4) is 0 Å². The van der Waals surface area contributed by atoms with E-state index in [1.165, 1.54) is 19.2 Å². The zero-order valence-corrected chi connectivity index (χ0v) is 16.5. The van der Waals surface area contributed by atoms with Crippen LogP contribution in [0.1, 0.15) is 45.8 Å². The molecule has 1 aliphatic heterocycles. The van der Waals surface area contributed by atoms with Crippen molar-refractivity contribution in [3.8, 4) is 0 Å². The van der Waals surface area contributed by atoms with Gasteiger partial charge in [0.2, 0.25) is 0 Å². The summed E-state index contributed by atoms with van der Waals surface area (Å²) in [5.41, 5.74) is 1.26. The molecule has 0 spiro atoms. The van der Waals surface area contributed by atoms with Crippen LogP contribution >= 0.6 is 11.8 Å². The molecule has 1 aliphatic carbocycles. The van der Waals surface area contributed by atoms with Gasteiger partial charge in [0, 0.05) is 11.8 Å². The van der Waals surface area contributed by atoms with E-state index in [-0.39, 0.29) is 0 Å². The Bertz CT molecular complexity index is 779. The Kier molecular flexibility index (Phi) is 5.54. The van der Waals surface area contributed by atoms with Crippen molar-refractivity contribution in [3.05, 3.63) is 12.7 Å². The van der Waals surface area contributed by atoms with Crippen molar-refractivity contribution in [2.75, 3.05) is 11.1 Å². The second kappa shape index (κ2) is 7.90. The van der Waals surface area contributed by atoms with Crippen molar-refractivity contribution < 1.29 is 14.9 Å². The average molecular weight is 394 g/mol. The van der Waals surface area contributed by atoms with Crippen LogP contribution in [0.4, 0.5) is 5.82 Å². The number of rotatable bonds is 6. The van der Waals surface area contributed by atoms with Gasteiger partial charge in [0.25, 0.3) is 0 Å². The summed E-state index contributed by atoms with van der Waals surface area (Å²) in [6.07, 6.45) is 4.75. The lowest BCUT2D eigenvalue weighted by atomic mass is 10.1. The fraction of sp³-hybridized carbons (Fsp3) is 0.722. The second-order valence-electron chi connectivity index (χ2n) is 7.60. The quantitative estimate of drug-likeness (QED) is 0.684.